The molecule has 3 aromatic carbocycles. The number of likely N-dealkylation sites (tertiary alicyclic amines) is 2. The van der Waals surface area contributed by atoms with Gasteiger partial charge >= 0.3 is 12.2 Å². The minimum absolute atomic E-state index is 0.157. The summed E-state index contributed by atoms with van der Waals surface area (Å²) in [7, 11) is 5.52. The molecule has 63 heavy (non-hydrogen) atoms. The first kappa shape index (κ1) is 46.5. The molecule has 6 rings (SSSR count). The number of alkyl carbamates (subject to hydrolysis) is 2. The van der Waals surface area contributed by atoms with E-state index in [1.807, 2.05) is 42.5 Å². The Morgan fingerprint density at radius 3 is 1.68 bits per heavy atom. The molecule has 2 heterocycles. The molecule has 4 N–H and O–H groups in total. The Balaban J connectivity index is 1.28. The molecule has 16 nitrogen and oxygen atoms in total. The first-order chi connectivity index (χ1) is 30.4. The van der Waals surface area contributed by atoms with Gasteiger partial charge in [0.1, 0.15) is 24.7 Å². The first-order valence-electron chi connectivity index (χ1n) is 21.7. The molecule has 0 radical (unpaired) electrons. The second-order valence-electron chi connectivity index (χ2n) is 16.4. The van der Waals surface area contributed by atoms with Gasteiger partial charge in [-0.1, -0.05) is 82.0 Å². The van der Waals surface area contributed by atoms with Gasteiger partial charge in [0, 0.05) is 56.9 Å². The van der Waals surface area contributed by atoms with Crippen LogP contribution in [0.2, 0.25) is 0 Å². The number of nitrogens with zero attached hydrogens (tertiary/aromatic N) is 2. The minimum Gasteiger partial charge on any atom is -0.453 e. The van der Waals surface area contributed by atoms with Crippen molar-refractivity contribution in [1.82, 2.24) is 20.4 Å². The molecule has 2 fully saturated rings. The van der Waals surface area contributed by atoms with Crippen molar-refractivity contribution < 1.29 is 47.7 Å². The average Bonchev–Trinajstić information content (AvgIpc) is 4.02. The molecular weight excluding hydrogens is 809 g/mol. The lowest BCUT2D eigenvalue weighted by Crippen LogP contribution is -2.48. The molecular formula is C47H60N6O10. The fourth-order valence-electron chi connectivity index (χ4n) is 9.27. The van der Waals surface area contributed by atoms with E-state index in [9.17, 15) is 28.8 Å². The summed E-state index contributed by atoms with van der Waals surface area (Å²) >= 11 is 0. The quantitative estimate of drug-likeness (QED) is 0.127. The number of methoxy groups -OCH3 is 4. The van der Waals surface area contributed by atoms with E-state index in [1.54, 1.807) is 31.4 Å². The molecule has 6 amide bonds. The summed E-state index contributed by atoms with van der Waals surface area (Å²) in [5.41, 5.74) is 5.52. The van der Waals surface area contributed by atoms with E-state index in [0.29, 0.717) is 23.4 Å². The predicted octanol–water partition coefficient (Wildman–Crippen LogP) is 5.90. The minimum atomic E-state index is -1.09. The number of hydrogen-bond acceptors (Lipinski definition) is 10. The maximum absolute atomic E-state index is 14.3. The molecule has 3 aromatic rings. The lowest BCUT2D eigenvalue weighted by Gasteiger charge is -2.33. The second kappa shape index (κ2) is 20.9. The van der Waals surface area contributed by atoms with E-state index in [0.717, 1.165) is 60.8 Å². The van der Waals surface area contributed by atoms with Gasteiger partial charge in [-0.05, 0) is 64.9 Å². The number of anilines is 2. The Labute approximate surface area is 368 Å². The molecule has 0 aromatic heterocycles. The molecule has 0 spiro atoms. The zero-order valence-electron chi connectivity index (χ0n) is 37.0. The third-order valence-corrected chi connectivity index (χ3v) is 12.6. The third kappa shape index (κ3) is 10.1. The molecule has 3 aliphatic rings. The van der Waals surface area contributed by atoms with E-state index in [2.05, 4.69) is 39.9 Å². The number of rotatable bonds is 17. The Bertz CT molecular complexity index is 2140. The number of ether oxygens (including phenoxy) is 4. The van der Waals surface area contributed by atoms with Crippen molar-refractivity contribution in [2.45, 2.75) is 101 Å². The number of nitrogens with one attached hydrogen (secondary N) is 4. The summed E-state index contributed by atoms with van der Waals surface area (Å²) in [5.74, 6) is -1.63. The third-order valence-electron chi connectivity index (χ3n) is 12.6. The van der Waals surface area contributed by atoms with Crippen LogP contribution in [0.25, 0.3) is 11.1 Å². The molecule has 2 aliphatic heterocycles. The summed E-state index contributed by atoms with van der Waals surface area (Å²) in [6.07, 6.45) is 3.75. The smallest absolute Gasteiger partial charge is 0.407 e. The van der Waals surface area contributed by atoms with Gasteiger partial charge in [0.05, 0.1) is 26.4 Å². The SMILES string of the molecule is CCCCC1(CCCC)c2cc(NC(=O)[C@@H]3C[C@@H](OC)CN3C(=O)CNC(=O)OC)ccc2-c2ccc(NC(=O)[C@@H]3C[C@@H](OC)CN3C(=O)[C@H](NC(=O)OC)c3ccccc3)cc21. The monoisotopic (exact) mass is 868 g/mol. The zero-order chi connectivity index (χ0) is 45.3. The van der Waals surface area contributed by atoms with E-state index >= 15 is 0 Å². The van der Waals surface area contributed by atoms with Crippen molar-refractivity contribution in [3.63, 3.8) is 0 Å². The standard InChI is InChI=1S/C47H60N6O10/c1-7-9-20-47(21-10-8-2)36-22-30(49-42(55)38-24-32(60-3)27-52(38)40(54)26-48-45(58)62-5)16-18-34(36)35-19-17-31(23-37(35)47)50-43(56)39-25-33(61-4)28-53(39)44(57)41(51-46(59)63-6)29-14-12-11-13-15-29/h11-19,22-23,32-33,38-39,41H,7-10,20-21,24-28H2,1-6H3,(H,48,58)(H,49,55)(H,50,56)(H,51,59)/t32-,33-,38+,39+,41-/m1/s1. The number of carbonyl (C=O) groups excluding carboxylic acids is 6. The van der Waals surface area contributed by atoms with Crippen LogP contribution in [-0.2, 0) is 43.5 Å². The normalized spacial score (nSPS) is 20.0. The number of amides is 6. The summed E-state index contributed by atoms with van der Waals surface area (Å²) < 4.78 is 20.7. The predicted molar refractivity (Wildman–Crippen MR) is 236 cm³/mol. The highest BCUT2D eigenvalue weighted by Gasteiger charge is 2.45. The summed E-state index contributed by atoms with van der Waals surface area (Å²) in [5, 5.41) is 11.3. The molecule has 5 atom stereocenters. The Morgan fingerprint density at radius 2 is 1.19 bits per heavy atom. The average molecular weight is 869 g/mol. The Morgan fingerprint density at radius 1 is 0.683 bits per heavy atom. The number of fused-ring (bicyclic) bond motifs is 3. The van der Waals surface area contributed by atoms with Gasteiger partial charge in [-0.3, -0.25) is 19.2 Å². The lowest BCUT2D eigenvalue weighted by atomic mass is 9.70. The van der Waals surface area contributed by atoms with E-state index in [1.165, 1.54) is 31.1 Å². The van der Waals surface area contributed by atoms with Crippen LogP contribution in [0.4, 0.5) is 21.0 Å². The van der Waals surface area contributed by atoms with Crippen molar-refractivity contribution in [1.29, 1.82) is 0 Å². The van der Waals surface area contributed by atoms with Crippen LogP contribution in [0, 0.1) is 0 Å². The fourth-order valence-corrected chi connectivity index (χ4v) is 9.27. The van der Waals surface area contributed by atoms with Crippen LogP contribution >= 0.6 is 0 Å². The van der Waals surface area contributed by atoms with Crippen molar-refractivity contribution >= 4 is 47.2 Å². The van der Waals surface area contributed by atoms with Crippen LogP contribution in [-0.4, -0.2) is 118 Å². The van der Waals surface area contributed by atoms with E-state index < -0.39 is 53.6 Å². The Hall–Kier alpha value is -6.00. The van der Waals surface area contributed by atoms with Gasteiger partial charge in [0.2, 0.25) is 17.7 Å². The van der Waals surface area contributed by atoms with Gasteiger partial charge in [-0.2, -0.15) is 0 Å². The van der Waals surface area contributed by atoms with Gasteiger partial charge in [-0.25, -0.2) is 9.59 Å². The summed E-state index contributed by atoms with van der Waals surface area (Å²) in [6, 6.07) is 17.9. The summed E-state index contributed by atoms with van der Waals surface area (Å²) in [6.45, 7) is 4.35. The number of unbranched alkanes of at least 4 members (excludes halogenated alkanes) is 2. The van der Waals surface area contributed by atoms with Crippen molar-refractivity contribution in [2.24, 2.45) is 0 Å². The van der Waals surface area contributed by atoms with Gasteiger partial charge in [-0.15, -0.1) is 0 Å². The zero-order valence-corrected chi connectivity index (χ0v) is 37.0. The van der Waals surface area contributed by atoms with Gasteiger partial charge < -0.3 is 50.0 Å². The van der Waals surface area contributed by atoms with Gasteiger partial charge in [0.15, 0.2) is 0 Å². The number of carbonyl (C=O) groups is 6. The topological polar surface area (TPSA) is 194 Å². The van der Waals surface area contributed by atoms with Crippen LogP contribution in [0.5, 0.6) is 0 Å². The second-order valence-corrected chi connectivity index (χ2v) is 16.4. The lowest BCUT2D eigenvalue weighted by molar-refractivity contribution is -0.138. The highest BCUT2D eigenvalue weighted by molar-refractivity contribution is 6.01. The maximum Gasteiger partial charge on any atom is 0.407 e. The molecule has 16 heteroatoms. The van der Waals surface area contributed by atoms with Crippen molar-refractivity contribution in [3.05, 3.63) is 83.4 Å². The van der Waals surface area contributed by atoms with Gasteiger partial charge in [0.25, 0.3) is 5.91 Å². The Kier molecular flexibility index (Phi) is 15.4. The fraction of sp³-hybridized carbons (Fsp3) is 0.489. The number of hydrogen-bond donors (Lipinski definition) is 4. The molecule has 338 valence electrons. The van der Waals surface area contributed by atoms with Crippen LogP contribution in [0.1, 0.15) is 87.9 Å². The largest absolute Gasteiger partial charge is 0.453 e. The van der Waals surface area contributed by atoms with Crippen molar-refractivity contribution in [2.75, 3.05) is 58.7 Å². The van der Waals surface area contributed by atoms with Crippen LogP contribution in [0.15, 0.2) is 66.7 Å². The maximum atomic E-state index is 14.3. The molecule has 1 aliphatic carbocycles. The van der Waals surface area contributed by atoms with Crippen LogP contribution in [0.3, 0.4) is 0 Å². The molecule has 0 saturated carbocycles. The van der Waals surface area contributed by atoms with E-state index in [-0.39, 0.29) is 44.0 Å². The highest BCUT2D eigenvalue weighted by Crippen LogP contribution is 2.55. The molecule has 2 saturated heterocycles. The molecule has 0 bridgehead atoms. The van der Waals surface area contributed by atoms with Crippen LogP contribution < -0.4 is 21.3 Å². The first-order valence-corrected chi connectivity index (χ1v) is 21.7. The molecule has 0 unspecified atom stereocenters. The highest BCUT2D eigenvalue weighted by atomic mass is 16.5. The number of benzene rings is 3. The van der Waals surface area contributed by atoms with E-state index in [4.69, 9.17) is 14.2 Å². The van der Waals surface area contributed by atoms with Crippen molar-refractivity contribution in [3.8, 4) is 11.1 Å². The summed E-state index contributed by atoms with van der Waals surface area (Å²) in [4.78, 5) is 82.7.